The molecule has 0 spiro atoms. The summed E-state index contributed by atoms with van der Waals surface area (Å²) in [6, 6.07) is 6.82. The number of aryl methyl sites for hydroxylation is 1. The third kappa shape index (κ3) is 4.02. The molecular formula is C20H20F2N2O4. The average molecular weight is 390 g/mol. The second-order valence-corrected chi connectivity index (χ2v) is 6.40. The lowest BCUT2D eigenvalue weighted by Crippen LogP contribution is -2.15. The van der Waals surface area contributed by atoms with E-state index in [0.29, 0.717) is 17.0 Å². The van der Waals surface area contributed by atoms with E-state index >= 15 is 0 Å². The Morgan fingerprint density at radius 1 is 1.25 bits per heavy atom. The lowest BCUT2D eigenvalue weighted by atomic mass is 10.1. The predicted molar refractivity (Wildman–Crippen MR) is 97.3 cm³/mol. The number of nitrogens with zero attached hydrogens (tertiary/aromatic N) is 2. The highest BCUT2D eigenvalue weighted by Gasteiger charge is 2.20. The van der Waals surface area contributed by atoms with Crippen molar-refractivity contribution >= 4 is 11.4 Å². The fourth-order valence-corrected chi connectivity index (χ4v) is 2.93. The molecule has 1 aromatic carbocycles. The van der Waals surface area contributed by atoms with Crippen molar-refractivity contribution in [3.8, 4) is 5.75 Å². The minimum absolute atomic E-state index is 0.0435. The Morgan fingerprint density at radius 3 is 2.64 bits per heavy atom. The third-order valence-electron chi connectivity index (χ3n) is 4.40. The van der Waals surface area contributed by atoms with Gasteiger partial charge < -0.3 is 14.9 Å². The lowest BCUT2D eigenvalue weighted by Gasteiger charge is -2.10. The smallest absolute Gasteiger partial charge is 0.181 e. The topological polar surface area (TPSA) is 84.1 Å². The zero-order valence-electron chi connectivity index (χ0n) is 15.2. The Hall–Kier alpha value is -2.84. The summed E-state index contributed by atoms with van der Waals surface area (Å²) in [6.07, 6.45) is 0.854. The summed E-state index contributed by atoms with van der Waals surface area (Å²) in [7, 11) is 0. The maximum Gasteiger partial charge on any atom is 0.181 e. The van der Waals surface area contributed by atoms with Gasteiger partial charge in [-0.1, -0.05) is 6.07 Å². The van der Waals surface area contributed by atoms with Crippen LogP contribution in [0, 0.1) is 18.6 Å². The minimum Gasteiger partial charge on any atom is -0.485 e. The zero-order valence-corrected chi connectivity index (χ0v) is 15.2. The normalized spacial score (nSPS) is 12.3. The molecule has 1 atom stereocenters. The number of aliphatic hydroxyl groups is 2. The molecule has 2 N–H and O–H groups in total. The summed E-state index contributed by atoms with van der Waals surface area (Å²) >= 11 is 0. The van der Waals surface area contributed by atoms with Gasteiger partial charge in [-0.25, -0.2) is 13.8 Å². The fourth-order valence-electron chi connectivity index (χ4n) is 2.93. The number of benzene rings is 1. The molecule has 8 heteroatoms. The molecule has 3 rings (SSSR count). The van der Waals surface area contributed by atoms with Crippen LogP contribution >= 0.6 is 0 Å². The highest BCUT2D eigenvalue weighted by Crippen LogP contribution is 2.25. The van der Waals surface area contributed by atoms with Crippen molar-refractivity contribution in [2.45, 2.75) is 32.5 Å². The average Bonchev–Trinajstić information content (AvgIpc) is 3.02. The van der Waals surface area contributed by atoms with Crippen LogP contribution in [0.5, 0.6) is 5.75 Å². The number of ether oxygens (including phenoxy) is 1. The van der Waals surface area contributed by atoms with Crippen LogP contribution in [-0.4, -0.2) is 38.1 Å². The van der Waals surface area contributed by atoms with Gasteiger partial charge in [-0.3, -0.25) is 9.20 Å². The van der Waals surface area contributed by atoms with E-state index in [-0.39, 0.29) is 36.5 Å². The number of halogens is 2. The van der Waals surface area contributed by atoms with Gasteiger partial charge in [0.1, 0.15) is 23.9 Å². The Labute approximate surface area is 160 Å². The van der Waals surface area contributed by atoms with E-state index in [2.05, 4.69) is 4.98 Å². The molecule has 0 saturated heterocycles. The number of rotatable bonds is 8. The molecule has 0 unspecified atom stereocenters. The van der Waals surface area contributed by atoms with Crippen LogP contribution in [0.4, 0.5) is 8.78 Å². The number of aromatic nitrogens is 2. The third-order valence-corrected chi connectivity index (χ3v) is 4.40. The summed E-state index contributed by atoms with van der Waals surface area (Å²) in [6.45, 7) is 0.934. The highest BCUT2D eigenvalue weighted by atomic mass is 19.1. The first-order chi connectivity index (χ1) is 13.4. The van der Waals surface area contributed by atoms with Gasteiger partial charge >= 0.3 is 0 Å². The number of hydrogen-bond donors (Lipinski definition) is 2. The van der Waals surface area contributed by atoms with Gasteiger partial charge in [0.2, 0.25) is 0 Å². The van der Waals surface area contributed by atoms with E-state index in [1.54, 1.807) is 29.7 Å². The number of imidazole rings is 1. The van der Waals surface area contributed by atoms with Gasteiger partial charge in [0.05, 0.1) is 24.0 Å². The van der Waals surface area contributed by atoms with Crippen molar-refractivity contribution in [2.24, 2.45) is 0 Å². The number of aliphatic hydroxyl groups excluding tert-OH is 2. The molecule has 0 amide bonds. The van der Waals surface area contributed by atoms with E-state index in [1.807, 2.05) is 0 Å². The summed E-state index contributed by atoms with van der Waals surface area (Å²) in [4.78, 5) is 16.9. The van der Waals surface area contributed by atoms with Gasteiger partial charge in [0.15, 0.2) is 17.2 Å². The van der Waals surface area contributed by atoms with Crippen LogP contribution in [-0.2, 0) is 6.61 Å². The van der Waals surface area contributed by atoms with Crippen molar-refractivity contribution in [1.29, 1.82) is 0 Å². The number of fused-ring (bicyclic) bond motifs is 1. The van der Waals surface area contributed by atoms with Crippen molar-refractivity contribution < 1.29 is 28.5 Å². The molecule has 3 aromatic rings. The quantitative estimate of drug-likeness (QED) is 0.578. The SMILES string of the molecule is Cc1nc2c(OCc3c(F)cccc3F)cccn2c1C(=O)CC[C@H](O)CO. The van der Waals surface area contributed by atoms with Crippen LogP contribution in [0.3, 0.4) is 0 Å². The molecular weight excluding hydrogens is 370 g/mol. The summed E-state index contributed by atoms with van der Waals surface area (Å²) in [5.74, 6) is -1.37. The molecule has 2 heterocycles. The van der Waals surface area contributed by atoms with Gasteiger partial charge in [-0.2, -0.15) is 0 Å². The number of ketones is 1. The molecule has 0 radical (unpaired) electrons. The Morgan fingerprint density at radius 2 is 1.96 bits per heavy atom. The van der Waals surface area contributed by atoms with Gasteiger partial charge in [-0.15, -0.1) is 0 Å². The maximum absolute atomic E-state index is 13.8. The van der Waals surface area contributed by atoms with E-state index in [4.69, 9.17) is 9.84 Å². The second-order valence-electron chi connectivity index (χ2n) is 6.40. The van der Waals surface area contributed by atoms with E-state index in [1.165, 1.54) is 6.07 Å². The first-order valence-corrected chi connectivity index (χ1v) is 8.77. The van der Waals surface area contributed by atoms with Crippen LogP contribution in [0.25, 0.3) is 5.65 Å². The molecule has 2 aromatic heterocycles. The number of carbonyl (C=O) groups excluding carboxylic acids is 1. The van der Waals surface area contributed by atoms with Crippen LogP contribution in [0.15, 0.2) is 36.5 Å². The fraction of sp³-hybridized carbons (Fsp3) is 0.300. The predicted octanol–water partition coefficient (Wildman–Crippen LogP) is 2.82. The summed E-state index contributed by atoms with van der Waals surface area (Å²) in [5.41, 5.74) is 0.962. The standard InChI is InChI=1S/C20H20F2N2O4/c1-12-19(17(27)8-7-13(26)10-25)24-9-3-6-18(20(24)23-12)28-11-14-15(21)4-2-5-16(14)22/h2-6,9,13,25-26H,7-8,10-11H2,1H3/t13-/m0/s1. The zero-order chi connectivity index (χ0) is 20.3. The van der Waals surface area contributed by atoms with Gasteiger partial charge in [0.25, 0.3) is 0 Å². The minimum atomic E-state index is -0.960. The van der Waals surface area contributed by atoms with Crippen LogP contribution < -0.4 is 4.74 Å². The Kier molecular flexibility index (Phi) is 6.01. The molecule has 0 fully saturated rings. The maximum atomic E-state index is 13.8. The van der Waals surface area contributed by atoms with Crippen molar-refractivity contribution in [3.05, 3.63) is 65.1 Å². The van der Waals surface area contributed by atoms with Gasteiger partial charge in [0, 0.05) is 12.6 Å². The first-order valence-electron chi connectivity index (χ1n) is 8.77. The number of carbonyl (C=O) groups is 1. The molecule has 0 aliphatic rings. The summed E-state index contributed by atoms with van der Waals surface area (Å²) < 4.78 is 34.7. The second kappa shape index (κ2) is 8.45. The first kappa shape index (κ1) is 19.9. The van der Waals surface area contributed by atoms with Crippen molar-refractivity contribution in [2.75, 3.05) is 6.61 Å². The molecule has 6 nitrogen and oxygen atoms in total. The Balaban J connectivity index is 1.87. The lowest BCUT2D eigenvalue weighted by molar-refractivity contribution is 0.0776. The van der Waals surface area contributed by atoms with Crippen LogP contribution in [0.2, 0.25) is 0 Å². The van der Waals surface area contributed by atoms with Gasteiger partial charge in [-0.05, 0) is 37.6 Å². The van der Waals surface area contributed by atoms with E-state index < -0.39 is 24.3 Å². The monoisotopic (exact) mass is 390 g/mol. The highest BCUT2D eigenvalue weighted by molar-refractivity contribution is 5.96. The Bertz CT molecular complexity index is 983. The molecule has 148 valence electrons. The van der Waals surface area contributed by atoms with Crippen molar-refractivity contribution in [3.63, 3.8) is 0 Å². The molecule has 0 aliphatic carbocycles. The largest absolute Gasteiger partial charge is 0.485 e. The number of hydrogen-bond acceptors (Lipinski definition) is 5. The molecule has 28 heavy (non-hydrogen) atoms. The van der Waals surface area contributed by atoms with E-state index in [0.717, 1.165) is 12.1 Å². The van der Waals surface area contributed by atoms with Crippen molar-refractivity contribution in [1.82, 2.24) is 9.38 Å². The number of Topliss-reactive ketones (excluding diaryl/α,β-unsaturated/α-hetero) is 1. The molecule has 0 bridgehead atoms. The summed E-state index contributed by atoms with van der Waals surface area (Å²) in [5, 5.41) is 18.3. The van der Waals surface area contributed by atoms with Crippen LogP contribution in [0.1, 0.15) is 34.6 Å². The molecule has 0 aliphatic heterocycles. The van der Waals surface area contributed by atoms with E-state index in [9.17, 15) is 18.7 Å². The number of pyridine rings is 1. The molecule has 0 saturated carbocycles.